The smallest absolute Gasteiger partial charge is 0.172 e. The number of nitrogens with one attached hydrogen (secondary N) is 1. The molecule has 1 unspecified atom stereocenters. The lowest BCUT2D eigenvalue weighted by molar-refractivity contribution is -0.123. The van der Waals surface area contributed by atoms with E-state index in [9.17, 15) is 0 Å². The molecule has 0 spiro atoms. The van der Waals surface area contributed by atoms with E-state index in [1.807, 2.05) is 42.5 Å². The Morgan fingerprint density at radius 3 is 1.93 bits per heavy atom. The summed E-state index contributed by atoms with van der Waals surface area (Å²) in [5, 5.41) is 3.53. The molecule has 0 heterocycles. The molecule has 0 radical (unpaired) electrons. The number of methoxy groups -OCH3 is 5. The van der Waals surface area contributed by atoms with Gasteiger partial charge in [-0.2, -0.15) is 0 Å². The number of rotatable bonds is 11. The van der Waals surface area contributed by atoms with Gasteiger partial charge in [0.2, 0.25) is 0 Å². The van der Waals surface area contributed by atoms with Crippen molar-refractivity contribution in [3.05, 3.63) is 53.6 Å². The van der Waals surface area contributed by atoms with E-state index < -0.39 is 0 Å². The second kappa shape index (κ2) is 10.8. The summed E-state index contributed by atoms with van der Waals surface area (Å²) in [5.74, 6) is 2.25. The summed E-state index contributed by atoms with van der Waals surface area (Å²) in [6.45, 7) is 0.643. The van der Waals surface area contributed by atoms with E-state index in [1.165, 1.54) is 5.56 Å². The van der Waals surface area contributed by atoms with Crippen LogP contribution < -0.4 is 19.5 Å². The molecule has 2 aromatic carbocycles. The minimum absolute atomic E-state index is 0.0264. The molecule has 0 aliphatic carbocycles. The summed E-state index contributed by atoms with van der Waals surface area (Å²) in [7, 11) is 8.21. The van der Waals surface area contributed by atoms with Gasteiger partial charge in [0, 0.05) is 20.8 Å². The van der Waals surface area contributed by atoms with Gasteiger partial charge in [-0.3, -0.25) is 0 Å². The summed E-state index contributed by atoms with van der Waals surface area (Å²) in [4.78, 5) is 0. The molecule has 6 heteroatoms. The number of ether oxygens (including phenoxy) is 5. The van der Waals surface area contributed by atoms with Gasteiger partial charge in [-0.1, -0.05) is 18.2 Å². The monoisotopic (exact) mass is 375 g/mol. The molecule has 0 saturated heterocycles. The van der Waals surface area contributed by atoms with Crippen LogP contribution >= 0.6 is 0 Å². The van der Waals surface area contributed by atoms with Gasteiger partial charge < -0.3 is 29.0 Å². The molecule has 0 saturated carbocycles. The first-order chi connectivity index (χ1) is 13.1. The quantitative estimate of drug-likeness (QED) is 0.609. The Hall–Kier alpha value is -2.28. The molecule has 0 amide bonds. The Bertz CT molecular complexity index is 685. The van der Waals surface area contributed by atoms with Gasteiger partial charge in [-0.25, -0.2) is 0 Å². The molecule has 0 bridgehead atoms. The summed E-state index contributed by atoms with van der Waals surface area (Å²) >= 11 is 0. The average Bonchev–Trinajstić information content (AvgIpc) is 2.72. The van der Waals surface area contributed by atoms with E-state index in [-0.39, 0.29) is 12.3 Å². The highest BCUT2D eigenvalue weighted by Crippen LogP contribution is 2.27. The maximum absolute atomic E-state index is 5.49. The standard InChI is InChI=1S/C21H29NO5/c1-23-17-9-6-15(7-10-17)12-18(21(26-4)27-5)22-14-16-8-11-19(24-2)20(13-16)25-3/h6-11,13,18,21-22H,12,14H2,1-5H3. The fourth-order valence-corrected chi connectivity index (χ4v) is 2.94. The van der Waals surface area contributed by atoms with Crippen LogP contribution in [0.15, 0.2) is 42.5 Å². The van der Waals surface area contributed by atoms with Crippen LogP contribution in [0, 0.1) is 0 Å². The van der Waals surface area contributed by atoms with Crippen LogP contribution in [0.5, 0.6) is 17.2 Å². The van der Waals surface area contributed by atoms with E-state index in [1.54, 1.807) is 35.5 Å². The summed E-state index contributed by atoms with van der Waals surface area (Å²) in [6, 6.07) is 13.8. The summed E-state index contributed by atoms with van der Waals surface area (Å²) < 4.78 is 26.9. The van der Waals surface area contributed by atoms with Crippen LogP contribution in [-0.4, -0.2) is 47.9 Å². The normalized spacial score (nSPS) is 12.1. The molecule has 2 rings (SSSR count). The van der Waals surface area contributed by atoms with Crippen molar-refractivity contribution < 1.29 is 23.7 Å². The van der Waals surface area contributed by atoms with Gasteiger partial charge in [0.05, 0.1) is 27.4 Å². The van der Waals surface area contributed by atoms with Crippen LogP contribution in [0.4, 0.5) is 0 Å². The van der Waals surface area contributed by atoms with Gasteiger partial charge in [0.25, 0.3) is 0 Å². The van der Waals surface area contributed by atoms with Crippen LogP contribution in [0.1, 0.15) is 11.1 Å². The molecule has 0 aliphatic heterocycles. The van der Waals surface area contributed by atoms with Crippen molar-refractivity contribution in [1.29, 1.82) is 0 Å². The zero-order valence-electron chi connectivity index (χ0n) is 16.7. The van der Waals surface area contributed by atoms with Crippen molar-refractivity contribution in [2.45, 2.75) is 25.3 Å². The Kier molecular flexibility index (Phi) is 8.39. The fraction of sp³-hybridized carbons (Fsp3) is 0.429. The molecule has 1 atom stereocenters. The second-order valence-electron chi connectivity index (χ2n) is 6.07. The lowest BCUT2D eigenvalue weighted by Crippen LogP contribution is -2.43. The highest BCUT2D eigenvalue weighted by molar-refractivity contribution is 5.42. The molecule has 0 fully saturated rings. The van der Waals surface area contributed by atoms with Crippen LogP contribution in [-0.2, 0) is 22.4 Å². The third kappa shape index (κ3) is 5.85. The fourth-order valence-electron chi connectivity index (χ4n) is 2.94. The number of benzene rings is 2. The maximum Gasteiger partial charge on any atom is 0.172 e. The predicted octanol–water partition coefficient (Wildman–Crippen LogP) is 3.03. The molecular formula is C21H29NO5. The molecule has 148 valence electrons. The first-order valence-corrected chi connectivity index (χ1v) is 8.78. The molecule has 6 nitrogen and oxygen atoms in total. The molecule has 0 aliphatic rings. The highest BCUT2D eigenvalue weighted by Gasteiger charge is 2.21. The van der Waals surface area contributed by atoms with Gasteiger partial charge >= 0.3 is 0 Å². The van der Waals surface area contributed by atoms with Crippen LogP contribution in [0.3, 0.4) is 0 Å². The zero-order chi connectivity index (χ0) is 19.6. The van der Waals surface area contributed by atoms with Gasteiger partial charge in [0.15, 0.2) is 17.8 Å². The van der Waals surface area contributed by atoms with E-state index in [4.69, 9.17) is 23.7 Å². The van der Waals surface area contributed by atoms with Crippen molar-refractivity contribution in [3.63, 3.8) is 0 Å². The van der Waals surface area contributed by atoms with Crippen molar-refractivity contribution in [2.75, 3.05) is 35.5 Å². The predicted molar refractivity (Wildman–Crippen MR) is 105 cm³/mol. The van der Waals surface area contributed by atoms with E-state index in [0.717, 1.165) is 17.7 Å². The molecule has 27 heavy (non-hydrogen) atoms. The van der Waals surface area contributed by atoms with Gasteiger partial charge in [-0.15, -0.1) is 0 Å². The van der Waals surface area contributed by atoms with Crippen LogP contribution in [0.2, 0.25) is 0 Å². The topological polar surface area (TPSA) is 58.2 Å². The SMILES string of the molecule is COc1ccc(CC(NCc2ccc(OC)c(OC)c2)C(OC)OC)cc1. The Morgan fingerprint density at radius 2 is 1.37 bits per heavy atom. The Labute approximate surface area is 161 Å². The van der Waals surface area contributed by atoms with Crippen LogP contribution in [0.25, 0.3) is 0 Å². The first kappa shape index (κ1) is 21.0. The van der Waals surface area contributed by atoms with Gasteiger partial charge in [-0.05, 0) is 41.8 Å². The van der Waals surface area contributed by atoms with E-state index >= 15 is 0 Å². The second-order valence-corrected chi connectivity index (χ2v) is 6.07. The Morgan fingerprint density at radius 1 is 0.741 bits per heavy atom. The Balaban J connectivity index is 2.09. The first-order valence-electron chi connectivity index (χ1n) is 8.78. The number of hydrogen-bond donors (Lipinski definition) is 1. The average molecular weight is 375 g/mol. The summed E-state index contributed by atoms with van der Waals surface area (Å²) in [6.07, 6.45) is 0.385. The third-order valence-corrected chi connectivity index (χ3v) is 4.42. The molecule has 1 N–H and O–H groups in total. The molecule has 2 aromatic rings. The summed E-state index contributed by atoms with van der Waals surface area (Å²) in [5.41, 5.74) is 2.25. The lowest BCUT2D eigenvalue weighted by Gasteiger charge is -2.26. The zero-order valence-corrected chi connectivity index (χ0v) is 16.7. The number of hydrogen-bond acceptors (Lipinski definition) is 6. The highest BCUT2D eigenvalue weighted by atomic mass is 16.7. The minimum Gasteiger partial charge on any atom is -0.497 e. The van der Waals surface area contributed by atoms with Crippen molar-refractivity contribution in [3.8, 4) is 17.2 Å². The molecular weight excluding hydrogens is 346 g/mol. The van der Waals surface area contributed by atoms with Crippen molar-refractivity contribution in [1.82, 2.24) is 5.32 Å². The van der Waals surface area contributed by atoms with E-state index in [2.05, 4.69) is 5.32 Å². The largest absolute Gasteiger partial charge is 0.497 e. The molecule has 0 aromatic heterocycles. The lowest BCUT2D eigenvalue weighted by atomic mass is 10.0. The van der Waals surface area contributed by atoms with Crippen molar-refractivity contribution in [2.24, 2.45) is 0 Å². The van der Waals surface area contributed by atoms with Crippen molar-refractivity contribution >= 4 is 0 Å². The van der Waals surface area contributed by atoms with Gasteiger partial charge in [0.1, 0.15) is 5.75 Å². The maximum atomic E-state index is 5.49. The van der Waals surface area contributed by atoms with E-state index in [0.29, 0.717) is 18.0 Å². The minimum atomic E-state index is -0.368. The third-order valence-electron chi connectivity index (χ3n) is 4.42.